The minimum Gasteiger partial charge on any atom is -0.357 e. The maximum Gasteiger partial charge on any atom is 0.227 e. The molecule has 90 valence electrons. The molecule has 0 fully saturated rings. The maximum absolute atomic E-state index is 11.9. The van der Waals surface area contributed by atoms with Gasteiger partial charge in [-0.2, -0.15) is 0 Å². The molecule has 1 rings (SSSR count). The van der Waals surface area contributed by atoms with Crippen LogP contribution >= 0.6 is 0 Å². The highest BCUT2D eigenvalue weighted by atomic mass is 16.2. The van der Waals surface area contributed by atoms with Crippen LogP contribution in [0.3, 0.4) is 0 Å². The number of carbonyl (C=O) groups excluding carboxylic acids is 1. The van der Waals surface area contributed by atoms with Crippen molar-refractivity contribution >= 4 is 5.91 Å². The average Bonchev–Trinajstić information content (AvgIpc) is 2.70. The van der Waals surface area contributed by atoms with Gasteiger partial charge >= 0.3 is 0 Å². The van der Waals surface area contributed by atoms with E-state index in [9.17, 15) is 4.79 Å². The molecular weight excluding hydrogens is 202 g/mol. The normalized spacial score (nSPS) is 14.5. The number of rotatable bonds is 5. The van der Waals surface area contributed by atoms with E-state index in [1.165, 1.54) is 0 Å². The molecule has 1 aromatic heterocycles. The summed E-state index contributed by atoms with van der Waals surface area (Å²) in [4.78, 5) is 11.9. The zero-order chi connectivity index (χ0) is 12.2. The van der Waals surface area contributed by atoms with E-state index < -0.39 is 5.41 Å². The molecule has 0 aromatic carbocycles. The summed E-state index contributed by atoms with van der Waals surface area (Å²) < 4.78 is 1.96. The SMILES string of the molecule is CCC(C)(CN)C(=O)NCc1ccn(C)c1. The first-order chi connectivity index (χ1) is 7.51. The van der Waals surface area contributed by atoms with Crippen LogP contribution in [0.15, 0.2) is 18.5 Å². The van der Waals surface area contributed by atoms with Crippen LogP contribution in [-0.2, 0) is 18.4 Å². The second-order valence-corrected chi connectivity index (χ2v) is 4.49. The highest BCUT2D eigenvalue weighted by Crippen LogP contribution is 2.19. The van der Waals surface area contributed by atoms with Crippen LogP contribution in [0.5, 0.6) is 0 Å². The zero-order valence-electron chi connectivity index (χ0n) is 10.3. The molecule has 0 bridgehead atoms. The summed E-state index contributed by atoms with van der Waals surface area (Å²) in [6, 6.07) is 1.99. The molecule has 1 unspecified atom stereocenters. The van der Waals surface area contributed by atoms with Gasteiger partial charge in [0.25, 0.3) is 0 Å². The third-order valence-electron chi connectivity index (χ3n) is 3.13. The molecule has 16 heavy (non-hydrogen) atoms. The summed E-state index contributed by atoms with van der Waals surface area (Å²) >= 11 is 0. The van der Waals surface area contributed by atoms with Crippen LogP contribution in [-0.4, -0.2) is 17.0 Å². The van der Waals surface area contributed by atoms with E-state index in [1.54, 1.807) is 0 Å². The molecular formula is C12H21N3O. The lowest BCUT2D eigenvalue weighted by Gasteiger charge is -2.24. The van der Waals surface area contributed by atoms with Crippen molar-refractivity contribution in [2.45, 2.75) is 26.8 Å². The number of nitrogens with two attached hydrogens (primary N) is 1. The highest BCUT2D eigenvalue weighted by molar-refractivity contribution is 5.82. The molecule has 0 radical (unpaired) electrons. The first kappa shape index (κ1) is 12.8. The number of aromatic nitrogens is 1. The van der Waals surface area contributed by atoms with Crippen LogP contribution in [0.4, 0.5) is 0 Å². The number of hydrogen-bond acceptors (Lipinski definition) is 2. The van der Waals surface area contributed by atoms with E-state index in [0.29, 0.717) is 13.1 Å². The summed E-state index contributed by atoms with van der Waals surface area (Å²) in [6.45, 7) is 4.82. The maximum atomic E-state index is 11.9. The largest absolute Gasteiger partial charge is 0.357 e. The highest BCUT2D eigenvalue weighted by Gasteiger charge is 2.29. The van der Waals surface area contributed by atoms with Gasteiger partial charge in [0.15, 0.2) is 0 Å². The quantitative estimate of drug-likeness (QED) is 0.783. The second-order valence-electron chi connectivity index (χ2n) is 4.49. The van der Waals surface area contributed by atoms with E-state index in [-0.39, 0.29) is 5.91 Å². The number of aryl methyl sites for hydroxylation is 1. The third-order valence-corrected chi connectivity index (χ3v) is 3.13. The van der Waals surface area contributed by atoms with Crippen molar-refractivity contribution in [3.05, 3.63) is 24.0 Å². The standard InChI is InChI=1S/C12H21N3O/c1-4-12(2,9-13)11(16)14-7-10-5-6-15(3)8-10/h5-6,8H,4,7,9,13H2,1-3H3,(H,14,16). The number of carbonyl (C=O) groups is 1. The van der Waals surface area contributed by atoms with Gasteiger partial charge in [-0.05, 0) is 25.0 Å². The molecule has 1 aromatic rings. The lowest BCUT2D eigenvalue weighted by molar-refractivity contribution is -0.130. The minimum absolute atomic E-state index is 0.0290. The van der Waals surface area contributed by atoms with Crippen molar-refractivity contribution in [3.63, 3.8) is 0 Å². The average molecular weight is 223 g/mol. The predicted molar refractivity (Wildman–Crippen MR) is 64.7 cm³/mol. The molecule has 4 heteroatoms. The van der Waals surface area contributed by atoms with Gasteiger partial charge in [-0.15, -0.1) is 0 Å². The van der Waals surface area contributed by atoms with Crippen LogP contribution in [0, 0.1) is 5.41 Å². The Labute approximate surface area is 96.8 Å². The Morgan fingerprint density at radius 3 is 2.75 bits per heavy atom. The van der Waals surface area contributed by atoms with Crippen LogP contribution < -0.4 is 11.1 Å². The first-order valence-corrected chi connectivity index (χ1v) is 5.61. The van der Waals surface area contributed by atoms with E-state index in [4.69, 9.17) is 5.73 Å². The van der Waals surface area contributed by atoms with E-state index in [2.05, 4.69) is 5.32 Å². The monoisotopic (exact) mass is 223 g/mol. The summed E-state index contributed by atoms with van der Waals surface area (Å²) in [6.07, 6.45) is 4.71. The van der Waals surface area contributed by atoms with Gasteiger partial charge in [0, 0.05) is 32.5 Å². The molecule has 1 atom stereocenters. The van der Waals surface area contributed by atoms with Gasteiger partial charge in [-0.25, -0.2) is 0 Å². The molecule has 3 N–H and O–H groups in total. The number of hydrogen-bond donors (Lipinski definition) is 2. The Kier molecular flexibility index (Phi) is 4.12. The van der Waals surface area contributed by atoms with Gasteiger partial charge in [-0.1, -0.05) is 6.92 Å². The van der Waals surface area contributed by atoms with E-state index in [1.807, 2.05) is 43.9 Å². The Hall–Kier alpha value is -1.29. The van der Waals surface area contributed by atoms with Gasteiger partial charge in [0.2, 0.25) is 5.91 Å². The molecule has 0 aliphatic carbocycles. The van der Waals surface area contributed by atoms with Crippen LogP contribution in [0.2, 0.25) is 0 Å². The van der Waals surface area contributed by atoms with Gasteiger partial charge in [-0.3, -0.25) is 4.79 Å². The minimum atomic E-state index is -0.450. The predicted octanol–water partition coefficient (Wildman–Crippen LogP) is 1.02. The Balaban J connectivity index is 2.52. The first-order valence-electron chi connectivity index (χ1n) is 5.61. The molecule has 0 saturated carbocycles. The fourth-order valence-electron chi connectivity index (χ4n) is 1.46. The van der Waals surface area contributed by atoms with Crippen LogP contribution in [0.25, 0.3) is 0 Å². The zero-order valence-corrected chi connectivity index (χ0v) is 10.3. The van der Waals surface area contributed by atoms with Gasteiger partial charge in [0.1, 0.15) is 0 Å². The van der Waals surface area contributed by atoms with Crippen molar-refractivity contribution in [1.82, 2.24) is 9.88 Å². The van der Waals surface area contributed by atoms with E-state index in [0.717, 1.165) is 12.0 Å². The van der Waals surface area contributed by atoms with Gasteiger partial charge in [0.05, 0.1) is 5.41 Å². The lowest BCUT2D eigenvalue weighted by Crippen LogP contribution is -2.43. The fraction of sp³-hybridized carbons (Fsp3) is 0.583. The van der Waals surface area contributed by atoms with Crippen molar-refractivity contribution in [3.8, 4) is 0 Å². The summed E-state index contributed by atoms with van der Waals surface area (Å²) in [5.41, 5.74) is 6.28. The third kappa shape index (κ3) is 2.85. The molecule has 0 aliphatic rings. The smallest absolute Gasteiger partial charge is 0.227 e. The van der Waals surface area contributed by atoms with Crippen molar-refractivity contribution in [2.75, 3.05) is 6.54 Å². The number of nitrogens with one attached hydrogen (secondary N) is 1. The van der Waals surface area contributed by atoms with Crippen molar-refractivity contribution < 1.29 is 4.79 Å². The molecule has 4 nitrogen and oxygen atoms in total. The number of nitrogens with zero attached hydrogens (tertiary/aromatic N) is 1. The van der Waals surface area contributed by atoms with Crippen LogP contribution in [0.1, 0.15) is 25.8 Å². The summed E-state index contributed by atoms with van der Waals surface area (Å²) in [7, 11) is 1.96. The molecule has 0 aliphatic heterocycles. The fourth-order valence-corrected chi connectivity index (χ4v) is 1.46. The lowest BCUT2D eigenvalue weighted by atomic mass is 9.86. The Morgan fingerprint density at radius 1 is 1.62 bits per heavy atom. The molecule has 0 spiro atoms. The second kappa shape index (κ2) is 5.16. The molecule has 0 saturated heterocycles. The molecule has 1 heterocycles. The Bertz CT molecular complexity index is 353. The Morgan fingerprint density at radius 2 is 2.31 bits per heavy atom. The summed E-state index contributed by atoms with van der Waals surface area (Å²) in [5, 5.41) is 2.92. The molecule has 1 amide bonds. The topological polar surface area (TPSA) is 60.1 Å². The van der Waals surface area contributed by atoms with Gasteiger partial charge < -0.3 is 15.6 Å². The van der Waals surface area contributed by atoms with E-state index >= 15 is 0 Å². The summed E-state index contributed by atoms with van der Waals surface area (Å²) in [5.74, 6) is 0.0290. The van der Waals surface area contributed by atoms with Crippen molar-refractivity contribution in [1.29, 1.82) is 0 Å². The van der Waals surface area contributed by atoms with Crippen molar-refractivity contribution in [2.24, 2.45) is 18.2 Å². The number of amides is 1.